The predicted octanol–water partition coefficient (Wildman–Crippen LogP) is 0.398. The van der Waals surface area contributed by atoms with Gasteiger partial charge in [0.25, 0.3) is 0 Å². The molecule has 0 unspecified atom stereocenters. The van der Waals surface area contributed by atoms with Crippen LogP contribution in [0.1, 0.15) is 38.3 Å². The van der Waals surface area contributed by atoms with E-state index in [0.717, 1.165) is 38.8 Å². The molecular weight excluding hydrogens is 324 g/mol. The number of hydrogen-bond donors (Lipinski definition) is 4. The molecule has 3 atom stereocenters. The molecule has 3 heterocycles. The summed E-state index contributed by atoms with van der Waals surface area (Å²) in [5.41, 5.74) is 6.82. The zero-order chi connectivity index (χ0) is 17.6. The largest absolute Gasteiger partial charge is 0.394 e. The van der Waals surface area contributed by atoms with Crippen LogP contribution in [-0.4, -0.2) is 61.6 Å². The fourth-order valence-electron chi connectivity index (χ4n) is 3.07. The Kier molecular flexibility index (Phi) is 6.14. The first kappa shape index (κ1) is 18.0. The molecule has 0 aliphatic carbocycles. The van der Waals surface area contributed by atoms with Gasteiger partial charge in [-0.25, -0.2) is 15.0 Å². The highest BCUT2D eigenvalue weighted by Gasteiger charge is 2.35. The third-order valence-corrected chi connectivity index (χ3v) is 4.48. The van der Waals surface area contributed by atoms with Crippen LogP contribution in [0.3, 0.4) is 0 Å². The van der Waals surface area contributed by atoms with Crippen molar-refractivity contribution in [3.8, 4) is 0 Å². The van der Waals surface area contributed by atoms with Gasteiger partial charge < -0.3 is 26.0 Å². The summed E-state index contributed by atoms with van der Waals surface area (Å²) in [6.45, 7) is 1.34. The monoisotopic (exact) mass is 350 g/mol. The maximum atomic E-state index is 9.92. The average Bonchev–Trinajstić information content (AvgIpc) is 3.21. The molecule has 0 amide bonds. The molecule has 0 spiro atoms. The van der Waals surface area contributed by atoms with Crippen molar-refractivity contribution < 1.29 is 14.9 Å². The second-order valence-corrected chi connectivity index (χ2v) is 6.29. The van der Waals surface area contributed by atoms with Gasteiger partial charge in [-0.15, -0.1) is 0 Å². The number of unbranched alkanes of at least 4 members (excludes halogenated alkanes) is 3. The van der Waals surface area contributed by atoms with Gasteiger partial charge in [-0.2, -0.15) is 0 Å². The third kappa shape index (κ3) is 4.06. The van der Waals surface area contributed by atoms with E-state index < -0.39 is 18.4 Å². The second-order valence-electron chi connectivity index (χ2n) is 6.29. The minimum absolute atomic E-state index is 0.212. The van der Waals surface area contributed by atoms with Gasteiger partial charge in [-0.05, 0) is 19.4 Å². The van der Waals surface area contributed by atoms with E-state index in [1.165, 1.54) is 6.33 Å². The minimum atomic E-state index is -0.694. The van der Waals surface area contributed by atoms with E-state index in [9.17, 15) is 10.2 Å². The summed E-state index contributed by atoms with van der Waals surface area (Å²) in [6, 6.07) is 0. The number of aliphatic hydroxyl groups is 2. The van der Waals surface area contributed by atoms with Gasteiger partial charge in [0.15, 0.2) is 17.0 Å². The van der Waals surface area contributed by atoms with Crippen LogP contribution in [-0.2, 0) is 4.74 Å². The number of aromatic nitrogens is 4. The van der Waals surface area contributed by atoms with Gasteiger partial charge in [0.05, 0.1) is 19.0 Å². The van der Waals surface area contributed by atoms with Crippen LogP contribution in [0.5, 0.6) is 0 Å². The van der Waals surface area contributed by atoms with Crippen LogP contribution in [0.4, 0.5) is 5.82 Å². The quantitative estimate of drug-likeness (QED) is 0.478. The number of nitrogens with one attached hydrogen (secondary N) is 1. The van der Waals surface area contributed by atoms with E-state index in [-0.39, 0.29) is 6.61 Å². The van der Waals surface area contributed by atoms with Gasteiger partial charge in [0, 0.05) is 13.0 Å². The molecule has 0 radical (unpaired) electrons. The van der Waals surface area contributed by atoms with Gasteiger partial charge in [0.1, 0.15) is 18.7 Å². The molecule has 2 aromatic rings. The summed E-state index contributed by atoms with van der Waals surface area (Å²) in [5.74, 6) is 0.694. The molecule has 9 heteroatoms. The summed E-state index contributed by atoms with van der Waals surface area (Å²) >= 11 is 0. The van der Waals surface area contributed by atoms with Crippen LogP contribution < -0.4 is 11.1 Å². The molecule has 0 saturated carbocycles. The minimum Gasteiger partial charge on any atom is -0.394 e. The lowest BCUT2D eigenvalue weighted by molar-refractivity contribution is -0.0432. The maximum absolute atomic E-state index is 9.92. The van der Waals surface area contributed by atoms with Crippen molar-refractivity contribution in [2.45, 2.75) is 50.5 Å². The number of nitrogens with two attached hydrogens (primary N) is 1. The highest BCUT2D eigenvalue weighted by Crippen LogP contribution is 2.31. The Bertz CT molecular complexity index is 679. The van der Waals surface area contributed by atoms with Crippen LogP contribution in [0.15, 0.2) is 12.7 Å². The summed E-state index contributed by atoms with van der Waals surface area (Å²) in [6.07, 6.45) is 6.24. The number of hydrogen-bond acceptors (Lipinski definition) is 8. The Labute approximate surface area is 146 Å². The second kappa shape index (κ2) is 8.52. The van der Waals surface area contributed by atoms with Crippen molar-refractivity contribution >= 4 is 17.0 Å². The van der Waals surface area contributed by atoms with Crippen LogP contribution in [0.2, 0.25) is 0 Å². The molecule has 2 aromatic heterocycles. The Balaban J connectivity index is 1.66. The van der Waals surface area contributed by atoms with Crippen LogP contribution in [0.25, 0.3) is 11.2 Å². The standard InChI is InChI=1S/C16H26N6O3/c17-5-3-1-2-4-6-18-15-14-16(20-9-19-15)22(10-21-14)13-7-11(24)12(8-23)25-13/h9-13,23-24H,1-8,17H2,(H,18,19,20)/t11-,12+,13+/m0/s1. The first-order valence-corrected chi connectivity index (χ1v) is 8.80. The van der Waals surface area contributed by atoms with E-state index >= 15 is 0 Å². The lowest BCUT2D eigenvalue weighted by Crippen LogP contribution is -2.24. The van der Waals surface area contributed by atoms with E-state index in [2.05, 4.69) is 20.3 Å². The average molecular weight is 350 g/mol. The Morgan fingerprint density at radius 1 is 1.24 bits per heavy atom. The van der Waals surface area contributed by atoms with Crippen LogP contribution >= 0.6 is 0 Å². The van der Waals surface area contributed by atoms with Crippen LogP contribution in [0, 0.1) is 0 Å². The summed E-state index contributed by atoms with van der Waals surface area (Å²) in [4.78, 5) is 13.0. The van der Waals surface area contributed by atoms with E-state index in [0.29, 0.717) is 23.4 Å². The van der Waals surface area contributed by atoms with Crippen molar-refractivity contribution in [3.63, 3.8) is 0 Å². The Hall–Kier alpha value is -1.81. The van der Waals surface area contributed by atoms with Gasteiger partial charge in [-0.3, -0.25) is 4.57 Å². The van der Waals surface area contributed by atoms with Gasteiger partial charge in [-0.1, -0.05) is 12.8 Å². The lowest BCUT2D eigenvalue weighted by Gasteiger charge is -2.13. The molecule has 5 N–H and O–H groups in total. The molecule has 1 aliphatic rings. The third-order valence-electron chi connectivity index (χ3n) is 4.48. The van der Waals surface area contributed by atoms with Gasteiger partial charge >= 0.3 is 0 Å². The topological polar surface area (TPSA) is 131 Å². The molecule has 1 aliphatic heterocycles. The predicted molar refractivity (Wildman–Crippen MR) is 93.0 cm³/mol. The smallest absolute Gasteiger partial charge is 0.167 e. The normalized spacial score (nSPS) is 23.4. The molecule has 1 fully saturated rings. The first-order valence-electron chi connectivity index (χ1n) is 8.80. The summed E-state index contributed by atoms with van der Waals surface area (Å²) in [7, 11) is 0. The molecule has 0 bridgehead atoms. The first-order chi connectivity index (χ1) is 12.2. The molecular formula is C16H26N6O3. The van der Waals surface area contributed by atoms with Crippen molar-refractivity contribution in [2.24, 2.45) is 5.73 Å². The number of aliphatic hydroxyl groups excluding tert-OH is 2. The molecule has 0 aromatic carbocycles. The molecule has 138 valence electrons. The fourth-order valence-corrected chi connectivity index (χ4v) is 3.07. The van der Waals surface area contributed by atoms with E-state index in [4.69, 9.17) is 10.5 Å². The van der Waals surface area contributed by atoms with Crippen molar-refractivity contribution in [3.05, 3.63) is 12.7 Å². The zero-order valence-electron chi connectivity index (χ0n) is 14.2. The van der Waals surface area contributed by atoms with Crippen molar-refractivity contribution in [1.82, 2.24) is 19.5 Å². The Morgan fingerprint density at radius 2 is 2.08 bits per heavy atom. The highest BCUT2D eigenvalue weighted by molar-refractivity contribution is 5.82. The number of rotatable bonds is 9. The molecule has 9 nitrogen and oxygen atoms in total. The number of ether oxygens (including phenoxy) is 1. The number of nitrogens with zero attached hydrogens (tertiary/aromatic N) is 4. The van der Waals surface area contributed by atoms with Gasteiger partial charge in [0.2, 0.25) is 0 Å². The molecule has 3 rings (SSSR count). The van der Waals surface area contributed by atoms with E-state index in [1.54, 1.807) is 10.9 Å². The molecule has 25 heavy (non-hydrogen) atoms. The summed E-state index contributed by atoms with van der Waals surface area (Å²) in [5, 5.41) is 22.5. The lowest BCUT2D eigenvalue weighted by atomic mass is 10.2. The highest BCUT2D eigenvalue weighted by atomic mass is 16.5. The summed E-state index contributed by atoms with van der Waals surface area (Å²) < 4.78 is 7.46. The number of anilines is 1. The fraction of sp³-hybridized carbons (Fsp3) is 0.688. The van der Waals surface area contributed by atoms with E-state index in [1.807, 2.05) is 0 Å². The maximum Gasteiger partial charge on any atom is 0.167 e. The van der Waals surface area contributed by atoms with Crippen molar-refractivity contribution in [1.29, 1.82) is 0 Å². The number of fused-ring (bicyclic) bond motifs is 1. The molecule has 1 saturated heterocycles. The Morgan fingerprint density at radius 3 is 2.84 bits per heavy atom. The number of imidazole rings is 1. The zero-order valence-corrected chi connectivity index (χ0v) is 14.2. The SMILES string of the molecule is NCCCCCCNc1ncnc2c1ncn2[C@H]1C[C@H](O)[C@@H](CO)O1. The van der Waals surface area contributed by atoms with Crippen molar-refractivity contribution in [2.75, 3.05) is 25.0 Å².